The molecule has 0 saturated heterocycles. The number of rotatable bonds is 9. The van der Waals surface area contributed by atoms with Crippen LogP contribution in [0.15, 0.2) is 21.8 Å². The zero-order valence-electron chi connectivity index (χ0n) is 14.4. The molecule has 2 N–H and O–H groups in total. The third-order valence-electron chi connectivity index (χ3n) is 3.66. The number of nitrogens with one attached hydrogen (secondary N) is 2. The molecule has 1 heterocycles. The predicted molar refractivity (Wildman–Crippen MR) is 98.8 cm³/mol. The topological polar surface area (TPSA) is 73.8 Å². The van der Waals surface area contributed by atoms with E-state index in [2.05, 4.69) is 39.4 Å². The first kappa shape index (κ1) is 19.9. The highest BCUT2D eigenvalue weighted by Gasteiger charge is 2.18. The minimum atomic E-state index is -3.20. The Kier molecular flexibility index (Phi) is 8.57. The Labute approximate surface area is 144 Å². The van der Waals surface area contributed by atoms with Crippen LogP contribution in [-0.4, -0.2) is 57.7 Å². The van der Waals surface area contributed by atoms with E-state index >= 15 is 0 Å². The van der Waals surface area contributed by atoms with E-state index in [1.54, 1.807) is 18.4 Å². The van der Waals surface area contributed by atoms with E-state index in [9.17, 15) is 8.42 Å². The van der Waals surface area contributed by atoms with Gasteiger partial charge in [-0.3, -0.25) is 4.99 Å². The summed E-state index contributed by atoms with van der Waals surface area (Å²) in [5, 5.41) is 10.5. The predicted octanol–water partition coefficient (Wildman–Crippen LogP) is 1.69. The molecule has 0 radical (unpaired) electrons. The van der Waals surface area contributed by atoms with Crippen molar-refractivity contribution in [3.8, 4) is 0 Å². The molecule has 1 atom stereocenters. The molecule has 0 saturated carbocycles. The number of sulfonamides is 1. The second-order valence-corrected chi connectivity index (χ2v) is 8.11. The molecule has 0 aromatic carbocycles. The van der Waals surface area contributed by atoms with Crippen LogP contribution in [0, 0.1) is 0 Å². The molecule has 6 nitrogen and oxygen atoms in total. The zero-order chi connectivity index (χ0) is 17.3. The summed E-state index contributed by atoms with van der Waals surface area (Å²) in [4.78, 5) is 4.13. The summed E-state index contributed by atoms with van der Waals surface area (Å²) >= 11 is 1.69. The number of nitrogens with zero attached hydrogens (tertiary/aromatic N) is 2. The Bertz CT molecular complexity index is 566. The maximum Gasteiger partial charge on any atom is 0.215 e. The highest BCUT2D eigenvalue weighted by Crippen LogP contribution is 2.16. The highest BCUT2D eigenvalue weighted by molar-refractivity contribution is 7.89. The van der Waals surface area contributed by atoms with E-state index in [-0.39, 0.29) is 5.75 Å². The lowest BCUT2D eigenvalue weighted by Gasteiger charge is -2.19. The van der Waals surface area contributed by atoms with Crippen LogP contribution in [0.2, 0.25) is 0 Å². The maximum absolute atomic E-state index is 12.1. The molecule has 1 unspecified atom stereocenters. The van der Waals surface area contributed by atoms with Crippen LogP contribution in [0.3, 0.4) is 0 Å². The lowest BCUT2D eigenvalue weighted by atomic mass is 10.1. The van der Waals surface area contributed by atoms with Crippen LogP contribution in [0.25, 0.3) is 0 Å². The summed E-state index contributed by atoms with van der Waals surface area (Å²) in [6, 6.07) is 2.11. The summed E-state index contributed by atoms with van der Waals surface area (Å²) in [5.41, 5.74) is 1.29. The average molecular weight is 361 g/mol. The molecule has 0 aliphatic heterocycles. The molecule has 0 fully saturated rings. The van der Waals surface area contributed by atoms with E-state index in [1.807, 2.05) is 13.8 Å². The summed E-state index contributed by atoms with van der Waals surface area (Å²) in [5.74, 6) is 1.07. The molecule has 0 aliphatic rings. The van der Waals surface area contributed by atoms with E-state index in [0.717, 1.165) is 6.54 Å². The second-order valence-electron chi connectivity index (χ2n) is 5.24. The Balaban J connectivity index is 2.40. The third kappa shape index (κ3) is 6.48. The Morgan fingerprint density at radius 2 is 2.04 bits per heavy atom. The molecule has 0 aliphatic carbocycles. The molecule has 8 heteroatoms. The molecule has 1 aromatic rings. The van der Waals surface area contributed by atoms with Gasteiger partial charge in [0.2, 0.25) is 10.0 Å². The van der Waals surface area contributed by atoms with Crippen molar-refractivity contribution < 1.29 is 8.42 Å². The standard InChI is InChI=1S/C15H28N4O2S2/c1-5-19(6-2)23(20,21)10-8-17-15(16-4)18-11-13(3)14-7-9-22-12-14/h7,9,12-13H,5-6,8,10-11H2,1-4H3,(H2,16,17,18). The van der Waals surface area contributed by atoms with Gasteiger partial charge in [-0.2, -0.15) is 11.3 Å². The molecule has 0 spiro atoms. The van der Waals surface area contributed by atoms with Crippen molar-refractivity contribution >= 4 is 27.3 Å². The Hall–Kier alpha value is -1.12. The van der Waals surface area contributed by atoms with Gasteiger partial charge in [0.15, 0.2) is 5.96 Å². The van der Waals surface area contributed by atoms with Crippen molar-refractivity contribution in [3.63, 3.8) is 0 Å². The molecule has 1 rings (SSSR count). The van der Waals surface area contributed by atoms with Gasteiger partial charge in [0.25, 0.3) is 0 Å². The van der Waals surface area contributed by atoms with Crippen LogP contribution >= 0.6 is 11.3 Å². The second kappa shape index (κ2) is 9.89. The number of hydrogen-bond acceptors (Lipinski definition) is 4. The SMILES string of the molecule is CCN(CC)S(=O)(=O)CCNC(=NC)NCC(C)c1ccsc1. The number of aliphatic imine (C=N–C) groups is 1. The van der Waals surface area contributed by atoms with Crippen LogP contribution in [0.5, 0.6) is 0 Å². The first-order chi connectivity index (χ1) is 10.9. The Morgan fingerprint density at radius 1 is 1.35 bits per heavy atom. The van der Waals surface area contributed by atoms with Crippen LogP contribution in [0.4, 0.5) is 0 Å². The highest BCUT2D eigenvalue weighted by atomic mass is 32.2. The molecular formula is C15H28N4O2S2. The van der Waals surface area contributed by atoms with E-state index in [0.29, 0.717) is 31.5 Å². The van der Waals surface area contributed by atoms with Gasteiger partial charge in [0.05, 0.1) is 5.75 Å². The first-order valence-electron chi connectivity index (χ1n) is 7.89. The summed E-state index contributed by atoms with van der Waals surface area (Å²) in [6.45, 7) is 7.94. The van der Waals surface area contributed by atoms with Gasteiger partial charge in [-0.1, -0.05) is 20.8 Å². The number of hydrogen-bond donors (Lipinski definition) is 2. The first-order valence-corrected chi connectivity index (χ1v) is 10.4. The van der Waals surface area contributed by atoms with Gasteiger partial charge in [0.1, 0.15) is 0 Å². The largest absolute Gasteiger partial charge is 0.356 e. The molecule has 132 valence electrons. The summed E-state index contributed by atoms with van der Waals surface area (Å²) in [6.07, 6.45) is 0. The van der Waals surface area contributed by atoms with E-state index in [4.69, 9.17) is 0 Å². The van der Waals surface area contributed by atoms with Gasteiger partial charge in [-0.05, 0) is 28.3 Å². The van der Waals surface area contributed by atoms with Crippen molar-refractivity contribution in [1.82, 2.24) is 14.9 Å². The monoisotopic (exact) mass is 360 g/mol. The van der Waals surface area contributed by atoms with Gasteiger partial charge in [-0.25, -0.2) is 12.7 Å². The van der Waals surface area contributed by atoms with Crippen molar-refractivity contribution in [2.75, 3.05) is 39.0 Å². The van der Waals surface area contributed by atoms with Gasteiger partial charge >= 0.3 is 0 Å². The van der Waals surface area contributed by atoms with Crippen LogP contribution in [-0.2, 0) is 10.0 Å². The minimum absolute atomic E-state index is 0.0649. The van der Waals surface area contributed by atoms with Gasteiger partial charge in [0, 0.05) is 33.2 Å². The van der Waals surface area contributed by atoms with Crippen LogP contribution < -0.4 is 10.6 Å². The fourth-order valence-electron chi connectivity index (χ4n) is 2.19. The minimum Gasteiger partial charge on any atom is -0.356 e. The fourth-order valence-corrected chi connectivity index (χ4v) is 4.38. The quantitative estimate of drug-likeness (QED) is 0.519. The maximum atomic E-state index is 12.1. The number of thiophene rings is 1. The Morgan fingerprint density at radius 3 is 2.57 bits per heavy atom. The average Bonchev–Trinajstić information content (AvgIpc) is 3.05. The van der Waals surface area contributed by atoms with Crippen molar-refractivity contribution in [1.29, 1.82) is 0 Å². The molecule has 23 heavy (non-hydrogen) atoms. The summed E-state index contributed by atoms with van der Waals surface area (Å²) in [7, 11) is -1.52. The van der Waals surface area contributed by atoms with Crippen molar-refractivity contribution in [3.05, 3.63) is 22.4 Å². The molecular weight excluding hydrogens is 332 g/mol. The van der Waals surface area contributed by atoms with Gasteiger partial charge < -0.3 is 10.6 Å². The smallest absolute Gasteiger partial charge is 0.215 e. The third-order valence-corrected chi connectivity index (χ3v) is 6.39. The van der Waals surface area contributed by atoms with Crippen LogP contribution in [0.1, 0.15) is 32.3 Å². The molecule has 0 bridgehead atoms. The lowest BCUT2D eigenvalue weighted by molar-refractivity contribution is 0.445. The van der Waals surface area contributed by atoms with E-state index < -0.39 is 10.0 Å². The normalized spacial score (nSPS) is 14.0. The zero-order valence-corrected chi connectivity index (χ0v) is 16.0. The molecule has 0 amide bonds. The fraction of sp³-hybridized carbons (Fsp3) is 0.667. The summed E-state index contributed by atoms with van der Waals surface area (Å²) < 4.78 is 25.7. The van der Waals surface area contributed by atoms with Crippen molar-refractivity contribution in [2.24, 2.45) is 4.99 Å². The van der Waals surface area contributed by atoms with Crippen molar-refractivity contribution in [2.45, 2.75) is 26.7 Å². The lowest BCUT2D eigenvalue weighted by Crippen LogP contribution is -2.43. The molecule has 1 aromatic heterocycles. The van der Waals surface area contributed by atoms with E-state index in [1.165, 1.54) is 9.87 Å². The van der Waals surface area contributed by atoms with Gasteiger partial charge in [-0.15, -0.1) is 0 Å². The number of guanidine groups is 1.